The minimum absolute atomic E-state index is 0.0436. The van der Waals surface area contributed by atoms with E-state index in [9.17, 15) is 4.79 Å². The number of ketones is 1. The molecule has 26 heavy (non-hydrogen) atoms. The Morgan fingerprint density at radius 3 is 2.92 bits per heavy atom. The Bertz CT molecular complexity index is 1100. The molecule has 0 aliphatic heterocycles. The van der Waals surface area contributed by atoms with E-state index < -0.39 is 0 Å². The second-order valence-electron chi connectivity index (χ2n) is 5.87. The quantitative estimate of drug-likeness (QED) is 0.411. The van der Waals surface area contributed by atoms with Gasteiger partial charge in [-0.05, 0) is 44.2 Å². The van der Waals surface area contributed by atoms with Crippen molar-refractivity contribution in [2.24, 2.45) is 0 Å². The summed E-state index contributed by atoms with van der Waals surface area (Å²) >= 11 is 1.58. The molecule has 2 heterocycles. The maximum absolute atomic E-state index is 11.7. The molecule has 0 amide bonds. The van der Waals surface area contributed by atoms with Gasteiger partial charge in [0, 0.05) is 16.9 Å². The van der Waals surface area contributed by atoms with Gasteiger partial charge in [0.1, 0.15) is 5.75 Å². The van der Waals surface area contributed by atoms with Gasteiger partial charge in [-0.2, -0.15) is 0 Å². The van der Waals surface area contributed by atoms with E-state index in [1.807, 2.05) is 47.7 Å². The predicted octanol–water partition coefficient (Wildman–Crippen LogP) is 4.10. The highest BCUT2D eigenvalue weighted by Crippen LogP contribution is 2.30. The third-order valence-corrected chi connectivity index (χ3v) is 5.11. The van der Waals surface area contributed by atoms with Gasteiger partial charge in [-0.15, -0.1) is 5.10 Å². The van der Waals surface area contributed by atoms with Crippen molar-refractivity contribution in [2.75, 3.05) is 6.61 Å². The third kappa shape index (κ3) is 2.94. The Kier molecular flexibility index (Phi) is 4.38. The SMILES string of the molecule is CCOc1ccc(C(C)=O)cc1CSc1n[nH]c2nc3ccccc3n12. The van der Waals surface area contributed by atoms with E-state index >= 15 is 0 Å². The van der Waals surface area contributed by atoms with Gasteiger partial charge in [0.05, 0.1) is 17.6 Å². The van der Waals surface area contributed by atoms with Crippen LogP contribution in [-0.2, 0) is 5.75 Å². The summed E-state index contributed by atoms with van der Waals surface area (Å²) in [5, 5.41) is 8.19. The summed E-state index contributed by atoms with van der Waals surface area (Å²) in [6.07, 6.45) is 0. The number of nitrogens with one attached hydrogen (secondary N) is 1. The van der Waals surface area contributed by atoms with Crippen LogP contribution in [0.5, 0.6) is 5.75 Å². The van der Waals surface area contributed by atoms with E-state index in [1.165, 1.54) is 0 Å². The Labute approximate surface area is 154 Å². The molecule has 0 radical (unpaired) electrons. The highest BCUT2D eigenvalue weighted by molar-refractivity contribution is 7.98. The fourth-order valence-electron chi connectivity index (χ4n) is 2.89. The number of benzene rings is 2. The highest BCUT2D eigenvalue weighted by Gasteiger charge is 2.14. The van der Waals surface area contributed by atoms with Crippen LogP contribution in [0.25, 0.3) is 16.8 Å². The van der Waals surface area contributed by atoms with Crippen LogP contribution >= 0.6 is 11.8 Å². The maximum atomic E-state index is 11.7. The zero-order valence-corrected chi connectivity index (χ0v) is 15.3. The number of hydrogen-bond donors (Lipinski definition) is 1. The molecule has 0 atom stereocenters. The van der Waals surface area contributed by atoms with Crippen molar-refractivity contribution < 1.29 is 9.53 Å². The van der Waals surface area contributed by atoms with Gasteiger partial charge >= 0.3 is 0 Å². The molecule has 1 N–H and O–H groups in total. The van der Waals surface area contributed by atoms with Crippen LogP contribution in [0.1, 0.15) is 29.8 Å². The zero-order valence-electron chi connectivity index (χ0n) is 14.5. The summed E-state index contributed by atoms with van der Waals surface area (Å²) in [6, 6.07) is 13.5. The lowest BCUT2D eigenvalue weighted by molar-refractivity contribution is 0.101. The number of thioether (sulfide) groups is 1. The number of para-hydroxylation sites is 2. The molecule has 2 aromatic heterocycles. The van der Waals surface area contributed by atoms with Crippen molar-refractivity contribution in [1.29, 1.82) is 0 Å². The number of carbonyl (C=O) groups excluding carboxylic acids is 1. The number of nitrogens with zero attached hydrogens (tertiary/aromatic N) is 3. The molecule has 6 nitrogen and oxygen atoms in total. The first-order valence-corrected chi connectivity index (χ1v) is 9.37. The summed E-state index contributed by atoms with van der Waals surface area (Å²) in [7, 11) is 0. The number of fused-ring (bicyclic) bond motifs is 3. The number of Topliss-reactive ketones (excluding diaryl/α,β-unsaturated/α-hetero) is 1. The molecule has 0 bridgehead atoms. The maximum Gasteiger partial charge on any atom is 0.231 e. The minimum atomic E-state index is 0.0436. The van der Waals surface area contributed by atoms with Crippen LogP contribution < -0.4 is 4.74 Å². The number of hydrogen-bond acceptors (Lipinski definition) is 5. The molecule has 0 aliphatic rings. The largest absolute Gasteiger partial charge is 0.494 e. The average molecular weight is 366 g/mol. The lowest BCUT2D eigenvalue weighted by Crippen LogP contribution is -2.00. The number of H-pyrrole nitrogens is 1. The third-order valence-electron chi connectivity index (χ3n) is 4.13. The smallest absolute Gasteiger partial charge is 0.231 e. The molecule has 0 aliphatic carbocycles. The second-order valence-corrected chi connectivity index (χ2v) is 6.81. The highest BCUT2D eigenvalue weighted by atomic mass is 32.2. The predicted molar refractivity (Wildman–Crippen MR) is 102 cm³/mol. The molecule has 132 valence electrons. The zero-order chi connectivity index (χ0) is 18.1. The van der Waals surface area contributed by atoms with Gasteiger partial charge in [-0.3, -0.25) is 9.20 Å². The van der Waals surface area contributed by atoms with Crippen molar-refractivity contribution in [1.82, 2.24) is 19.6 Å². The number of aromatic amines is 1. The van der Waals surface area contributed by atoms with Gasteiger partial charge < -0.3 is 4.74 Å². The van der Waals surface area contributed by atoms with Gasteiger partial charge in [0.2, 0.25) is 5.78 Å². The fraction of sp³-hybridized carbons (Fsp3) is 0.211. The monoisotopic (exact) mass is 366 g/mol. The van der Waals surface area contributed by atoms with E-state index in [0.29, 0.717) is 17.9 Å². The van der Waals surface area contributed by atoms with Crippen LogP contribution in [0.15, 0.2) is 47.6 Å². The Balaban J connectivity index is 1.67. The van der Waals surface area contributed by atoms with E-state index in [0.717, 1.165) is 33.3 Å². The van der Waals surface area contributed by atoms with E-state index in [1.54, 1.807) is 24.8 Å². The first kappa shape index (κ1) is 16.7. The van der Waals surface area contributed by atoms with Gasteiger partial charge in [-0.1, -0.05) is 23.9 Å². The van der Waals surface area contributed by atoms with Gasteiger partial charge in [-0.25, -0.2) is 10.1 Å². The van der Waals surface area contributed by atoms with Crippen LogP contribution in [0, 0.1) is 0 Å². The summed E-state index contributed by atoms with van der Waals surface area (Å²) in [5.74, 6) is 2.20. The molecule has 2 aromatic carbocycles. The molecular formula is C19H18N4O2S. The van der Waals surface area contributed by atoms with Crippen molar-refractivity contribution in [3.63, 3.8) is 0 Å². The molecule has 0 saturated carbocycles. The number of carbonyl (C=O) groups is 1. The normalized spacial score (nSPS) is 11.3. The van der Waals surface area contributed by atoms with E-state index in [4.69, 9.17) is 4.74 Å². The summed E-state index contributed by atoms with van der Waals surface area (Å²) in [4.78, 5) is 16.2. The molecular weight excluding hydrogens is 348 g/mol. The first-order chi connectivity index (χ1) is 12.7. The van der Waals surface area contributed by atoms with Crippen LogP contribution in [0.4, 0.5) is 0 Å². The summed E-state index contributed by atoms with van der Waals surface area (Å²) in [5.41, 5.74) is 3.60. The lowest BCUT2D eigenvalue weighted by Gasteiger charge is -2.11. The Hall–Kier alpha value is -2.80. The number of rotatable bonds is 6. The topological polar surface area (TPSA) is 72.3 Å². The molecule has 4 aromatic rings. The standard InChI is InChI=1S/C19H18N4O2S/c1-3-25-17-9-8-13(12(2)24)10-14(17)11-26-19-22-21-18-20-15-6-4-5-7-16(15)23(18)19/h4-10H,3,11H2,1-2H3,(H,20,21). The van der Waals surface area contributed by atoms with Crippen molar-refractivity contribution in [3.8, 4) is 5.75 Å². The van der Waals surface area contributed by atoms with Crippen molar-refractivity contribution >= 4 is 34.4 Å². The van der Waals surface area contributed by atoms with Crippen molar-refractivity contribution in [2.45, 2.75) is 24.8 Å². The fourth-order valence-corrected chi connectivity index (χ4v) is 3.82. The Morgan fingerprint density at radius 1 is 1.27 bits per heavy atom. The molecule has 0 saturated heterocycles. The van der Waals surface area contributed by atoms with E-state index in [-0.39, 0.29) is 5.78 Å². The lowest BCUT2D eigenvalue weighted by atomic mass is 10.1. The molecule has 0 spiro atoms. The van der Waals surface area contributed by atoms with Crippen LogP contribution in [0.3, 0.4) is 0 Å². The average Bonchev–Trinajstić information content (AvgIpc) is 3.20. The number of aromatic nitrogens is 4. The Morgan fingerprint density at radius 2 is 2.12 bits per heavy atom. The van der Waals surface area contributed by atoms with Crippen molar-refractivity contribution in [3.05, 3.63) is 53.6 Å². The van der Waals surface area contributed by atoms with Gasteiger partial charge in [0.15, 0.2) is 10.9 Å². The summed E-state index contributed by atoms with van der Waals surface area (Å²) < 4.78 is 7.72. The second kappa shape index (κ2) is 6.84. The molecule has 0 fully saturated rings. The van der Waals surface area contributed by atoms with Gasteiger partial charge in [0.25, 0.3) is 0 Å². The van der Waals surface area contributed by atoms with E-state index in [2.05, 4.69) is 15.2 Å². The number of imidazole rings is 1. The van der Waals surface area contributed by atoms with Crippen LogP contribution in [-0.4, -0.2) is 32.0 Å². The first-order valence-electron chi connectivity index (χ1n) is 8.38. The number of ether oxygens (including phenoxy) is 1. The molecule has 7 heteroatoms. The molecule has 4 rings (SSSR count). The summed E-state index contributed by atoms with van der Waals surface area (Å²) in [6.45, 7) is 4.10. The minimum Gasteiger partial charge on any atom is -0.494 e. The molecule has 0 unspecified atom stereocenters. The van der Waals surface area contributed by atoms with Crippen LogP contribution in [0.2, 0.25) is 0 Å².